The number of aliphatic hydroxyl groups is 1. The van der Waals surface area contributed by atoms with Gasteiger partial charge in [-0.3, -0.25) is 9.59 Å². The lowest BCUT2D eigenvalue weighted by molar-refractivity contribution is -0.132. The monoisotopic (exact) mass is 642 g/mol. The highest BCUT2D eigenvalue weighted by Gasteiger charge is 2.19. The Hall–Kier alpha value is -5.13. The van der Waals surface area contributed by atoms with Crippen LogP contribution in [0.1, 0.15) is 53.1 Å². The Morgan fingerprint density at radius 2 is 1.00 bits per heavy atom. The Morgan fingerprint density at radius 3 is 1.33 bits per heavy atom. The SMILES string of the molecule is C.CC(=O)Oc1ccc(F)cc1C(=O)Oc1ccc(CCl)cc1.CC(=O)Oc1ccc(F)cc1C(=O)Oc1ccc(CO)cc1. The van der Waals surface area contributed by atoms with Crippen molar-refractivity contribution in [3.8, 4) is 23.0 Å². The van der Waals surface area contributed by atoms with Gasteiger partial charge in [0.05, 0.1) is 6.61 Å². The van der Waals surface area contributed by atoms with E-state index in [-0.39, 0.29) is 48.2 Å². The van der Waals surface area contributed by atoms with Crippen LogP contribution in [0.4, 0.5) is 8.78 Å². The molecule has 0 heterocycles. The molecule has 0 unspecified atom stereocenters. The van der Waals surface area contributed by atoms with E-state index in [0.29, 0.717) is 11.4 Å². The standard InChI is InChI=1S/C16H12ClFO4.C16H13FO5.CH4/c1-10(19)21-15-7-4-12(18)8-14(15)16(20)22-13-5-2-11(9-17)3-6-13;1-10(19)21-15-7-4-12(17)8-14(15)16(20)22-13-5-2-11(9-18)3-6-13;/h2-8H,9H2,1H3;2-8,18H,9H2,1H3;1H4. The number of benzene rings is 4. The van der Waals surface area contributed by atoms with Crippen molar-refractivity contribution in [2.45, 2.75) is 33.8 Å². The van der Waals surface area contributed by atoms with Crippen molar-refractivity contribution in [2.24, 2.45) is 0 Å². The summed E-state index contributed by atoms with van der Waals surface area (Å²) in [6.45, 7) is 2.23. The first-order chi connectivity index (χ1) is 21.0. The summed E-state index contributed by atoms with van der Waals surface area (Å²) in [7, 11) is 0. The molecule has 4 aromatic rings. The summed E-state index contributed by atoms with van der Waals surface area (Å²) in [4.78, 5) is 46.2. The Labute approximate surface area is 262 Å². The van der Waals surface area contributed by atoms with Gasteiger partial charge in [0.15, 0.2) is 0 Å². The molecule has 0 aliphatic carbocycles. The summed E-state index contributed by atoms with van der Waals surface area (Å²) >= 11 is 5.67. The summed E-state index contributed by atoms with van der Waals surface area (Å²) < 4.78 is 46.6. The molecule has 4 rings (SSSR count). The van der Waals surface area contributed by atoms with E-state index < -0.39 is 35.5 Å². The van der Waals surface area contributed by atoms with Gasteiger partial charge in [-0.2, -0.15) is 0 Å². The Kier molecular flexibility index (Phi) is 13.8. The molecular weight excluding hydrogens is 614 g/mol. The molecule has 0 saturated carbocycles. The molecule has 12 heteroatoms. The number of carbonyl (C=O) groups excluding carboxylic acids is 4. The third-order valence-electron chi connectivity index (χ3n) is 5.44. The Bertz CT molecular complexity index is 1520. The summed E-state index contributed by atoms with van der Waals surface area (Å²) in [5.74, 6) is -3.52. The molecule has 45 heavy (non-hydrogen) atoms. The van der Waals surface area contributed by atoms with Crippen molar-refractivity contribution >= 4 is 35.5 Å². The predicted octanol–water partition coefficient (Wildman–Crippen LogP) is 6.81. The van der Waals surface area contributed by atoms with Crippen LogP contribution in [-0.2, 0) is 22.1 Å². The van der Waals surface area contributed by atoms with Gasteiger partial charge < -0.3 is 24.1 Å². The minimum atomic E-state index is -0.854. The maximum atomic E-state index is 13.3. The molecule has 0 saturated heterocycles. The second kappa shape index (κ2) is 17.2. The smallest absolute Gasteiger partial charge is 0.347 e. The number of esters is 4. The zero-order valence-corrected chi connectivity index (χ0v) is 24.1. The van der Waals surface area contributed by atoms with Gasteiger partial charge in [-0.15, -0.1) is 11.6 Å². The normalized spacial score (nSPS) is 9.91. The van der Waals surface area contributed by atoms with Crippen LogP contribution in [0.15, 0.2) is 84.9 Å². The summed E-state index contributed by atoms with van der Waals surface area (Å²) in [5.41, 5.74) is 1.16. The predicted molar refractivity (Wildman–Crippen MR) is 160 cm³/mol. The van der Waals surface area contributed by atoms with E-state index >= 15 is 0 Å². The molecule has 1 N–H and O–H groups in total. The van der Waals surface area contributed by atoms with Crippen molar-refractivity contribution < 1.29 is 52.0 Å². The number of carbonyl (C=O) groups is 4. The largest absolute Gasteiger partial charge is 0.426 e. The molecule has 0 spiro atoms. The van der Waals surface area contributed by atoms with E-state index in [9.17, 15) is 28.0 Å². The van der Waals surface area contributed by atoms with Crippen LogP contribution in [0.25, 0.3) is 0 Å². The van der Waals surface area contributed by atoms with Gasteiger partial charge in [0.25, 0.3) is 0 Å². The zero-order valence-electron chi connectivity index (χ0n) is 23.3. The first-order valence-corrected chi connectivity index (χ1v) is 13.3. The van der Waals surface area contributed by atoms with Gasteiger partial charge in [-0.25, -0.2) is 18.4 Å². The Morgan fingerprint density at radius 1 is 0.622 bits per heavy atom. The maximum Gasteiger partial charge on any atom is 0.347 e. The van der Waals surface area contributed by atoms with Gasteiger partial charge in [0.1, 0.15) is 45.8 Å². The van der Waals surface area contributed by atoms with Crippen molar-refractivity contribution in [1.29, 1.82) is 0 Å². The maximum absolute atomic E-state index is 13.3. The summed E-state index contributed by atoms with van der Waals surface area (Å²) in [6, 6.07) is 19.1. The molecule has 0 radical (unpaired) electrons. The molecule has 0 aliphatic rings. The van der Waals surface area contributed by atoms with Crippen LogP contribution >= 0.6 is 11.6 Å². The van der Waals surface area contributed by atoms with E-state index in [1.807, 2.05) is 0 Å². The average Bonchev–Trinajstić information content (AvgIpc) is 2.99. The number of ether oxygens (including phenoxy) is 4. The van der Waals surface area contributed by atoms with Gasteiger partial charge in [-0.1, -0.05) is 31.7 Å². The molecule has 0 aromatic heterocycles. The number of alkyl halides is 1. The number of aliphatic hydroxyl groups excluding tert-OH is 1. The zero-order chi connectivity index (χ0) is 32.2. The van der Waals surface area contributed by atoms with Crippen molar-refractivity contribution in [1.82, 2.24) is 0 Å². The molecule has 236 valence electrons. The fraction of sp³-hybridized carbons (Fsp3) is 0.152. The van der Waals surface area contributed by atoms with Crippen LogP contribution in [-0.4, -0.2) is 29.0 Å². The second-order valence-electron chi connectivity index (χ2n) is 8.83. The first kappa shape index (κ1) is 36.1. The number of halogens is 3. The molecule has 0 amide bonds. The van der Waals surface area contributed by atoms with Gasteiger partial charge in [0.2, 0.25) is 0 Å². The van der Waals surface area contributed by atoms with Crippen molar-refractivity contribution in [3.05, 3.63) is 119 Å². The first-order valence-electron chi connectivity index (χ1n) is 12.7. The highest BCUT2D eigenvalue weighted by Crippen LogP contribution is 2.24. The van der Waals surface area contributed by atoms with Crippen LogP contribution in [0.2, 0.25) is 0 Å². The van der Waals surface area contributed by atoms with E-state index in [1.165, 1.54) is 38.1 Å². The van der Waals surface area contributed by atoms with Gasteiger partial charge in [0, 0.05) is 19.7 Å². The molecule has 9 nitrogen and oxygen atoms in total. The molecule has 0 aliphatic heterocycles. The van der Waals surface area contributed by atoms with E-state index in [4.69, 9.17) is 35.7 Å². The van der Waals surface area contributed by atoms with E-state index in [0.717, 1.165) is 29.8 Å². The van der Waals surface area contributed by atoms with Crippen LogP contribution in [0, 0.1) is 11.6 Å². The van der Waals surface area contributed by atoms with Crippen LogP contribution in [0.5, 0.6) is 23.0 Å². The second-order valence-corrected chi connectivity index (χ2v) is 9.09. The lowest BCUT2D eigenvalue weighted by Gasteiger charge is -2.09. The average molecular weight is 643 g/mol. The minimum Gasteiger partial charge on any atom is -0.426 e. The lowest BCUT2D eigenvalue weighted by atomic mass is 10.2. The quantitative estimate of drug-likeness (QED) is 0.125. The van der Waals surface area contributed by atoms with Crippen LogP contribution in [0.3, 0.4) is 0 Å². The van der Waals surface area contributed by atoms with E-state index in [1.54, 1.807) is 36.4 Å². The van der Waals surface area contributed by atoms with Crippen molar-refractivity contribution in [3.63, 3.8) is 0 Å². The molecule has 0 bridgehead atoms. The molecule has 0 fully saturated rings. The lowest BCUT2D eigenvalue weighted by Crippen LogP contribution is -2.13. The van der Waals surface area contributed by atoms with E-state index in [2.05, 4.69) is 0 Å². The summed E-state index contributed by atoms with van der Waals surface area (Å²) in [5, 5.41) is 8.94. The fourth-order valence-corrected chi connectivity index (χ4v) is 3.62. The number of rotatable bonds is 8. The topological polar surface area (TPSA) is 125 Å². The summed E-state index contributed by atoms with van der Waals surface area (Å²) in [6.07, 6.45) is 0. The minimum absolute atomic E-state index is 0. The number of hydrogen-bond donors (Lipinski definition) is 1. The molecule has 0 atom stereocenters. The van der Waals surface area contributed by atoms with Crippen molar-refractivity contribution in [2.75, 3.05) is 0 Å². The molecular formula is C33H29ClF2O9. The highest BCUT2D eigenvalue weighted by molar-refractivity contribution is 6.17. The third kappa shape index (κ3) is 11.1. The molecule has 4 aromatic carbocycles. The van der Waals surface area contributed by atoms with Crippen LogP contribution < -0.4 is 18.9 Å². The Balaban J connectivity index is 0.000000307. The van der Waals surface area contributed by atoms with Gasteiger partial charge in [-0.05, 0) is 71.8 Å². The third-order valence-corrected chi connectivity index (χ3v) is 5.74. The number of hydrogen-bond acceptors (Lipinski definition) is 9. The van der Waals surface area contributed by atoms with Gasteiger partial charge >= 0.3 is 23.9 Å². The fourth-order valence-electron chi connectivity index (χ4n) is 3.44. The highest BCUT2D eigenvalue weighted by atomic mass is 35.5.